The van der Waals surface area contributed by atoms with Crippen molar-refractivity contribution in [3.05, 3.63) is 18.3 Å². The molecule has 1 atom stereocenters. The number of nitrogens with zero attached hydrogens (tertiary/aromatic N) is 4. The molecule has 1 aliphatic rings. The maximum Gasteiger partial charge on any atom is 0.314 e. The zero-order valence-electron chi connectivity index (χ0n) is 13.2. The van der Waals surface area contributed by atoms with Gasteiger partial charge in [0.15, 0.2) is 0 Å². The van der Waals surface area contributed by atoms with Gasteiger partial charge in [0.05, 0.1) is 11.8 Å². The Morgan fingerprint density at radius 1 is 1.28 bits per heavy atom. The first-order valence-corrected chi connectivity index (χ1v) is 9.36. The molecule has 2 heterocycles. The lowest BCUT2D eigenvalue weighted by Gasteiger charge is -2.18. The van der Waals surface area contributed by atoms with Crippen molar-refractivity contribution in [1.82, 2.24) is 24.9 Å². The molecule has 1 saturated carbocycles. The van der Waals surface area contributed by atoms with Crippen molar-refractivity contribution in [2.24, 2.45) is 5.92 Å². The Labute approximate surface area is 142 Å². The van der Waals surface area contributed by atoms with E-state index in [1.165, 1.54) is 12.4 Å². The van der Waals surface area contributed by atoms with Gasteiger partial charge in [-0.3, -0.25) is 0 Å². The molecule has 1 fully saturated rings. The normalized spacial score (nSPS) is 16.2. The van der Waals surface area contributed by atoms with Gasteiger partial charge in [-0.2, -0.15) is 8.78 Å². The number of sulfonamides is 1. The Hall–Kier alpha value is -2.21. The van der Waals surface area contributed by atoms with Crippen LogP contribution in [0.1, 0.15) is 25.2 Å². The molecule has 2 aromatic rings. The molecule has 0 bridgehead atoms. The summed E-state index contributed by atoms with van der Waals surface area (Å²) in [5.41, 5.74) is 0.308. The highest BCUT2D eigenvalue weighted by atomic mass is 32.2. The molecule has 9 nitrogen and oxygen atoms in total. The highest BCUT2D eigenvalue weighted by molar-refractivity contribution is 7.88. The summed E-state index contributed by atoms with van der Waals surface area (Å²) < 4.78 is 54.7. The van der Waals surface area contributed by atoms with E-state index in [4.69, 9.17) is 4.42 Å². The van der Waals surface area contributed by atoms with Crippen LogP contribution in [-0.4, -0.2) is 47.4 Å². The van der Waals surface area contributed by atoms with Crippen LogP contribution in [0.25, 0.3) is 11.5 Å². The number of hydrogen-bond acceptors (Lipinski definition) is 8. The van der Waals surface area contributed by atoms with Crippen molar-refractivity contribution >= 4 is 16.0 Å². The summed E-state index contributed by atoms with van der Waals surface area (Å²) in [6, 6.07) is -0.130. The number of alkyl halides is 2. The van der Waals surface area contributed by atoms with Crippen LogP contribution in [0.4, 0.5) is 14.7 Å². The average Bonchev–Trinajstić information content (AvgIpc) is 3.27. The van der Waals surface area contributed by atoms with Crippen LogP contribution in [0.2, 0.25) is 0 Å². The monoisotopic (exact) mass is 374 g/mol. The van der Waals surface area contributed by atoms with Crippen LogP contribution in [0.5, 0.6) is 0 Å². The molecule has 12 heteroatoms. The van der Waals surface area contributed by atoms with E-state index in [1.807, 2.05) is 0 Å². The third kappa shape index (κ3) is 4.89. The number of aromatic nitrogens is 4. The van der Waals surface area contributed by atoms with Gasteiger partial charge >= 0.3 is 6.43 Å². The molecule has 136 valence electrons. The lowest BCUT2D eigenvalue weighted by atomic mass is 10.2. The number of hydrogen-bond donors (Lipinski definition) is 2. The van der Waals surface area contributed by atoms with Crippen LogP contribution in [0, 0.1) is 5.92 Å². The lowest BCUT2D eigenvalue weighted by molar-refractivity contribution is 0.116. The van der Waals surface area contributed by atoms with E-state index in [9.17, 15) is 17.2 Å². The molecule has 2 aromatic heterocycles. The summed E-state index contributed by atoms with van der Waals surface area (Å²) in [5.74, 6) is -0.219. The Morgan fingerprint density at radius 3 is 2.48 bits per heavy atom. The zero-order chi connectivity index (χ0) is 18.0. The average molecular weight is 374 g/mol. The molecule has 0 aliphatic heterocycles. The van der Waals surface area contributed by atoms with Crippen molar-refractivity contribution < 1.29 is 21.6 Å². The van der Waals surface area contributed by atoms with E-state index in [-0.39, 0.29) is 18.5 Å². The van der Waals surface area contributed by atoms with Crippen molar-refractivity contribution in [3.8, 4) is 11.5 Å². The molecule has 0 unspecified atom stereocenters. The second-order valence-electron chi connectivity index (χ2n) is 5.75. The summed E-state index contributed by atoms with van der Waals surface area (Å²) in [4.78, 5) is 8.18. The SMILES string of the molecule is CS(=O)(=O)NC[C@H](Nc1ncc(-c2nnc(C(F)F)o2)cn1)C1CC1. The zero-order valence-corrected chi connectivity index (χ0v) is 14.0. The number of anilines is 1. The van der Waals surface area contributed by atoms with Crippen molar-refractivity contribution in [2.75, 3.05) is 18.1 Å². The number of halogens is 2. The first-order chi connectivity index (χ1) is 11.8. The van der Waals surface area contributed by atoms with E-state index in [0.29, 0.717) is 17.4 Å². The van der Waals surface area contributed by atoms with Gasteiger partial charge in [-0.25, -0.2) is 23.1 Å². The minimum atomic E-state index is -3.28. The molecule has 3 rings (SSSR count). The molecular formula is C13H16F2N6O3S. The number of rotatable bonds is 8. The highest BCUT2D eigenvalue weighted by Crippen LogP contribution is 2.33. The maximum atomic E-state index is 12.5. The van der Waals surface area contributed by atoms with Crippen LogP contribution in [0.15, 0.2) is 16.8 Å². The van der Waals surface area contributed by atoms with Gasteiger partial charge < -0.3 is 9.73 Å². The predicted octanol–water partition coefficient (Wildman–Crippen LogP) is 1.20. The fraction of sp³-hybridized carbons (Fsp3) is 0.538. The van der Waals surface area contributed by atoms with E-state index >= 15 is 0 Å². The van der Waals surface area contributed by atoms with Gasteiger partial charge in [0.1, 0.15) is 0 Å². The Bertz CT molecular complexity index is 823. The molecule has 1 aliphatic carbocycles. The molecule has 0 radical (unpaired) electrons. The van der Waals surface area contributed by atoms with Crippen LogP contribution >= 0.6 is 0 Å². The van der Waals surface area contributed by atoms with Crippen LogP contribution in [0.3, 0.4) is 0 Å². The lowest BCUT2D eigenvalue weighted by Crippen LogP contribution is -2.37. The first-order valence-electron chi connectivity index (χ1n) is 7.47. The molecule has 2 N–H and O–H groups in total. The van der Waals surface area contributed by atoms with Crippen molar-refractivity contribution in [1.29, 1.82) is 0 Å². The third-order valence-corrected chi connectivity index (χ3v) is 4.29. The van der Waals surface area contributed by atoms with Gasteiger partial charge in [0.25, 0.3) is 11.8 Å². The van der Waals surface area contributed by atoms with Gasteiger partial charge in [0, 0.05) is 25.0 Å². The summed E-state index contributed by atoms with van der Waals surface area (Å²) >= 11 is 0. The summed E-state index contributed by atoms with van der Waals surface area (Å²) in [7, 11) is -3.28. The minimum Gasteiger partial charge on any atom is -0.415 e. The van der Waals surface area contributed by atoms with Crippen molar-refractivity contribution in [3.63, 3.8) is 0 Å². The molecular weight excluding hydrogens is 358 g/mol. The smallest absolute Gasteiger partial charge is 0.314 e. The fourth-order valence-electron chi connectivity index (χ4n) is 2.19. The summed E-state index contributed by atoms with van der Waals surface area (Å²) in [5, 5.41) is 9.84. The molecule has 25 heavy (non-hydrogen) atoms. The standard InChI is InChI=1S/C13H16F2N6O3S/c1-25(22,23)18-6-9(7-2-3-7)19-13-16-4-8(5-17-13)11-20-21-12(24-11)10(14)15/h4-5,7,9-10,18H,2-3,6H2,1H3,(H,16,17,19)/t9-/m0/s1. The maximum absolute atomic E-state index is 12.5. The van der Waals surface area contributed by atoms with Gasteiger partial charge in [-0.05, 0) is 18.8 Å². The van der Waals surface area contributed by atoms with E-state index in [2.05, 4.69) is 30.2 Å². The number of nitrogens with one attached hydrogen (secondary N) is 2. The molecule has 0 aromatic carbocycles. The third-order valence-electron chi connectivity index (χ3n) is 3.60. The van der Waals surface area contributed by atoms with Gasteiger partial charge in [0.2, 0.25) is 16.0 Å². The van der Waals surface area contributed by atoms with E-state index in [1.54, 1.807) is 0 Å². The summed E-state index contributed by atoms with van der Waals surface area (Å²) in [6.07, 6.45) is 2.99. The van der Waals surface area contributed by atoms with Crippen LogP contribution < -0.4 is 10.0 Å². The van der Waals surface area contributed by atoms with E-state index in [0.717, 1.165) is 19.1 Å². The Morgan fingerprint density at radius 2 is 1.96 bits per heavy atom. The van der Waals surface area contributed by atoms with Gasteiger partial charge in [-0.15, -0.1) is 10.2 Å². The Balaban J connectivity index is 1.66. The van der Waals surface area contributed by atoms with E-state index < -0.39 is 22.3 Å². The summed E-state index contributed by atoms with van der Waals surface area (Å²) in [6.45, 7) is 0.232. The quantitative estimate of drug-likeness (QED) is 0.707. The first kappa shape index (κ1) is 17.6. The van der Waals surface area contributed by atoms with Gasteiger partial charge in [-0.1, -0.05) is 0 Å². The highest BCUT2D eigenvalue weighted by Gasteiger charge is 2.32. The Kier molecular flexibility index (Phi) is 4.90. The second-order valence-corrected chi connectivity index (χ2v) is 7.58. The van der Waals surface area contributed by atoms with Crippen molar-refractivity contribution in [2.45, 2.75) is 25.3 Å². The topological polar surface area (TPSA) is 123 Å². The molecule has 0 saturated heterocycles. The van der Waals surface area contributed by atoms with Crippen LogP contribution in [-0.2, 0) is 10.0 Å². The predicted molar refractivity (Wildman–Crippen MR) is 83.3 cm³/mol. The molecule has 0 amide bonds. The minimum absolute atomic E-state index is 0.0978. The largest absolute Gasteiger partial charge is 0.415 e. The second kappa shape index (κ2) is 6.96. The molecule has 0 spiro atoms. The fourth-order valence-corrected chi connectivity index (χ4v) is 2.68.